The molecule has 7 nitrogen and oxygen atoms in total. The molecule has 0 fully saturated rings. The lowest BCUT2D eigenvalue weighted by molar-refractivity contribution is -0.152. The molecular weight excluding hydrogens is 216 g/mol. The molecule has 0 rings (SSSR count). The van der Waals surface area contributed by atoms with E-state index in [2.05, 4.69) is 0 Å². The van der Waals surface area contributed by atoms with E-state index in [4.69, 9.17) is 20.4 Å². The van der Waals surface area contributed by atoms with Gasteiger partial charge in [0.1, 0.15) is 5.25 Å². The summed E-state index contributed by atoms with van der Waals surface area (Å²) in [5.41, 5.74) is 0. The fraction of sp³-hybridized carbons (Fsp3) is 0.500. The first-order valence-electron chi connectivity index (χ1n) is 3.33. The maximum atomic E-state index is 10.4. The average molecular weight is 224 g/mol. The van der Waals surface area contributed by atoms with Gasteiger partial charge in [0.2, 0.25) is 0 Å². The molecule has 0 aliphatic carbocycles. The molecule has 0 saturated heterocycles. The second-order valence-electron chi connectivity index (χ2n) is 2.25. The topological polar surface area (TPSA) is 132 Å². The van der Waals surface area contributed by atoms with Crippen LogP contribution in [0.5, 0.6) is 0 Å². The van der Waals surface area contributed by atoms with Crippen molar-refractivity contribution in [3.63, 3.8) is 0 Å². The number of carbonyl (C=O) groups is 3. The SMILES string of the molecule is O=C(O)CSC(C(=O)O)C(O)C(=O)O. The van der Waals surface area contributed by atoms with Crippen LogP contribution < -0.4 is 0 Å². The third-order valence-corrected chi connectivity index (χ3v) is 2.40. The molecule has 0 spiro atoms. The zero-order valence-electron chi connectivity index (χ0n) is 6.78. The highest BCUT2D eigenvalue weighted by Gasteiger charge is 2.32. The van der Waals surface area contributed by atoms with Crippen molar-refractivity contribution in [2.75, 3.05) is 5.75 Å². The van der Waals surface area contributed by atoms with Crippen LogP contribution in [0.1, 0.15) is 0 Å². The summed E-state index contributed by atoms with van der Waals surface area (Å²) in [5, 5.41) is 32.2. The molecule has 0 aromatic carbocycles. The normalized spacial score (nSPS) is 14.4. The summed E-state index contributed by atoms with van der Waals surface area (Å²) in [6.45, 7) is 0. The minimum atomic E-state index is -2.11. The first-order chi connectivity index (χ1) is 6.36. The van der Waals surface area contributed by atoms with E-state index in [1.54, 1.807) is 0 Å². The Kier molecular flexibility index (Phi) is 4.95. The van der Waals surface area contributed by atoms with Gasteiger partial charge in [-0.15, -0.1) is 11.8 Å². The number of aliphatic carboxylic acids is 3. The molecule has 0 heterocycles. The quantitative estimate of drug-likeness (QED) is 0.437. The van der Waals surface area contributed by atoms with E-state index in [0.29, 0.717) is 11.8 Å². The molecule has 0 amide bonds. The molecule has 0 aliphatic rings. The van der Waals surface area contributed by atoms with Gasteiger partial charge in [-0.05, 0) is 0 Å². The van der Waals surface area contributed by atoms with Gasteiger partial charge in [-0.25, -0.2) is 4.79 Å². The first kappa shape index (κ1) is 12.7. The fourth-order valence-electron chi connectivity index (χ4n) is 0.588. The Hall–Kier alpha value is -1.28. The van der Waals surface area contributed by atoms with Crippen molar-refractivity contribution in [1.29, 1.82) is 0 Å². The summed E-state index contributed by atoms with van der Waals surface area (Å²) in [4.78, 5) is 30.7. The minimum absolute atomic E-state index is 0.344. The first-order valence-corrected chi connectivity index (χ1v) is 4.38. The van der Waals surface area contributed by atoms with Gasteiger partial charge in [0.25, 0.3) is 0 Å². The molecule has 0 aromatic rings. The largest absolute Gasteiger partial charge is 0.481 e. The van der Waals surface area contributed by atoms with Crippen LogP contribution in [0.3, 0.4) is 0 Å². The van der Waals surface area contributed by atoms with E-state index in [-0.39, 0.29) is 0 Å². The third-order valence-electron chi connectivity index (χ3n) is 1.17. The molecule has 2 atom stereocenters. The van der Waals surface area contributed by atoms with E-state index in [9.17, 15) is 14.4 Å². The van der Waals surface area contributed by atoms with Gasteiger partial charge in [-0.2, -0.15) is 0 Å². The van der Waals surface area contributed by atoms with Gasteiger partial charge in [0.15, 0.2) is 6.10 Å². The number of hydrogen-bond donors (Lipinski definition) is 4. The Bertz CT molecular complexity index is 251. The highest BCUT2D eigenvalue weighted by molar-refractivity contribution is 8.01. The van der Waals surface area contributed by atoms with Crippen LogP contribution in [0.2, 0.25) is 0 Å². The van der Waals surface area contributed by atoms with Gasteiger partial charge < -0.3 is 20.4 Å². The summed E-state index contributed by atoms with van der Waals surface area (Å²) < 4.78 is 0. The molecule has 2 unspecified atom stereocenters. The predicted octanol–water partition coefficient (Wildman–Crippen LogP) is -1.30. The standard InChI is InChI=1S/C6H8O7S/c7-2(8)1-14-4(6(12)13)3(9)5(10)11/h3-4,9H,1H2,(H,7,8)(H,10,11)(H,12,13). The second-order valence-corrected chi connectivity index (χ2v) is 3.38. The Morgan fingerprint density at radius 3 is 1.86 bits per heavy atom. The van der Waals surface area contributed by atoms with Crippen LogP contribution in [-0.4, -0.2) is 55.4 Å². The average Bonchev–Trinajstić information content (AvgIpc) is 2.02. The molecule has 80 valence electrons. The Labute approximate surface area is 82.3 Å². The van der Waals surface area contributed by atoms with Crippen LogP contribution >= 0.6 is 11.8 Å². The Balaban J connectivity index is 4.37. The zero-order chi connectivity index (χ0) is 11.3. The molecule has 0 aromatic heterocycles. The summed E-state index contributed by atoms with van der Waals surface area (Å²) in [6, 6.07) is 0. The lowest BCUT2D eigenvalue weighted by atomic mass is 10.2. The summed E-state index contributed by atoms with van der Waals surface area (Å²) in [5.74, 6) is -5.12. The number of carboxylic acid groups (broad SMARTS) is 3. The minimum Gasteiger partial charge on any atom is -0.481 e. The molecule has 0 radical (unpaired) electrons. The van der Waals surface area contributed by atoms with Crippen molar-refractivity contribution in [3.8, 4) is 0 Å². The molecule has 0 saturated carbocycles. The maximum absolute atomic E-state index is 10.4. The fourth-order valence-corrected chi connectivity index (χ4v) is 1.35. The number of aliphatic hydroxyl groups excluding tert-OH is 1. The molecular formula is C6H8O7S. The van der Waals surface area contributed by atoms with Crippen LogP contribution in [0, 0.1) is 0 Å². The van der Waals surface area contributed by atoms with Gasteiger partial charge in [-0.1, -0.05) is 0 Å². The van der Waals surface area contributed by atoms with Crippen LogP contribution in [0.4, 0.5) is 0 Å². The van der Waals surface area contributed by atoms with Crippen molar-refractivity contribution in [2.45, 2.75) is 11.4 Å². The molecule has 0 aliphatic heterocycles. The number of thioether (sulfide) groups is 1. The van der Waals surface area contributed by atoms with Crippen molar-refractivity contribution in [3.05, 3.63) is 0 Å². The summed E-state index contributed by atoms with van der Waals surface area (Å²) in [6.07, 6.45) is -2.11. The summed E-state index contributed by atoms with van der Waals surface area (Å²) in [7, 11) is 0. The number of hydrogen-bond acceptors (Lipinski definition) is 5. The third kappa shape index (κ3) is 4.10. The molecule has 8 heteroatoms. The smallest absolute Gasteiger partial charge is 0.334 e. The molecule has 0 bridgehead atoms. The van der Waals surface area contributed by atoms with E-state index in [1.807, 2.05) is 0 Å². The number of aliphatic hydroxyl groups is 1. The highest BCUT2D eigenvalue weighted by Crippen LogP contribution is 2.15. The van der Waals surface area contributed by atoms with E-state index in [1.165, 1.54) is 0 Å². The zero-order valence-corrected chi connectivity index (χ0v) is 7.60. The lowest BCUT2D eigenvalue weighted by Crippen LogP contribution is -2.38. The molecule has 14 heavy (non-hydrogen) atoms. The van der Waals surface area contributed by atoms with Crippen molar-refractivity contribution in [2.24, 2.45) is 0 Å². The van der Waals surface area contributed by atoms with E-state index >= 15 is 0 Å². The number of carboxylic acids is 3. The van der Waals surface area contributed by atoms with E-state index < -0.39 is 35.0 Å². The maximum Gasteiger partial charge on any atom is 0.334 e. The highest BCUT2D eigenvalue weighted by atomic mass is 32.2. The monoisotopic (exact) mass is 224 g/mol. The van der Waals surface area contributed by atoms with Crippen LogP contribution in [0.25, 0.3) is 0 Å². The number of rotatable bonds is 6. The predicted molar refractivity (Wildman–Crippen MR) is 45.2 cm³/mol. The van der Waals surface area contributed by atoms with Crippen molar-refractivity contribution >= 4 is 29.7 Å². The Morgan fingerprint density at radius 2 is 1.57 bits per heavy atom. The van der Waals surface area contributed by atoms with Crippen LogP contribution in [0.15, 0.2) is 0 Å². The van der Waals surface area contributed by atoms with Gasteiger partial charge >= 0.3 is 17.9 Å². The van der Waals surface area contributed by atoms with Crippen molar-refractivity contribution < 1.29 is 34.8 Å². The summed E-state index contributed by atoms with van der Waals surface area (Å²) >= 11 is 0.344. The molecule has 4 N–H and O–H groups in total. The van der Waals surface area contributed by atoms with Gasteiger partial charge in [0.05, 0.1) is 5.75 Å². The van der Waals surface area contributed by atoms with Crippen molar-refractivity contribution in [1.82, 2.24) is 0 Å². The van der Waals surface area contributed by atoms with Gasteiger partial charge in [-0.3, -0.25) is 9.59 Å². The lowest BCUT2D eigenvalue weighted by Gasteiger charge is -2.13. The van der Waals surface area contributed by atoms with E-state index in [0.717, 1.165) is 0 Å². The second kappa shape index (κ2) is 5.45. The van der Waals surface area contributed by atoms with Crippen LogP contribution in [-0.2, 0) is 14.4 Å². The van der Waals surface area contributed by atoms with Gasteiger partial charge in [0, 0.05) is 0 Å². The Morgan fingerprint density at radius 1 is 1.07 bits per heavy atom.